The van der Waals surface area contributed by atoms with Gasteiger partial charge in [0.15, 0.2) is 0 Å². The minimum atomic E-state index is -0.315. The summed E-state index contributed by atoms with van der Waals surface area (Å²) in [6.07, 6.45) is 4.63. The van der Waals surface area contributed by atoms with E-state index >= 15 is 0 Å². The van der Waals surface area contributed by atoms with Crippen LogP contribution in [-0.4, -0.2) is 24.1 Å². The smallest absolute Gasteiger partial charge is 0.410 e. The van der Waals surface area contributed by atoms with Gasteiger partial charge < -0.3 is 9.64 Å². The van der Waals surface area contributed by atoms with E-state index in [0.29, 0.717) is 25.9 Å². The van der Waals surface area contributed by atoms with Gasteiger partial charge in [-0.1, -0.05) is 36.4 Å². The molecule has 1 aliphatic heterocycles. The Morgan fingerprint density at radius 3 is 2.64 bits per heavy atom. The van der Waals surface area contributed by atoms with Crippen LogP contribution in [0.25, 0.3) is 0 Å². The summed E-state index contributed by atoms with van der Waals surface area (Å²) in [4.78, 5) is 13.8. The molecule has 1 amide bonds. The van der Waals surface area contributed by atoms with Crippen molar-refractivity contribution < 1.29 is 9.53 Å². The van der Waals surface area contributed by atoms with Crippen molar-refractivity contribution in [2.75, 3.05) is 13.1 Å². The van der Waals surface area contributed by atoms with Gasteiger partial charge in [-0.2, -0.15) is 5.26 Å². The topological polar surface area (TPSA) is 53.3 Å². The Morgan fingerprint density at radius 1 is 1.36 bits per heavy atom. The first kappa shape index (κ1) is 16.1. The molecule has 0 N–H and O–H groups in total. The highest BCUT2D eigenvalue weighted by atomic mass is 16.6. The van der Waals surface area contributed by atoms with Crippen LogP contribution < -0.4 is 0 Å². The Labute approximate surface area is 132 Å². The molecule has 4 nitrogen and oxygen atoms in total. The summed E-state index contributed by atoms with van der Waals surface area (Å²) in [6, 6.07) is 12.1. The summed E-state index contributed by atoms with van der Waals surface area (Å²) < 4.78 is 5.34. The summed E-state index contributed by atoms with van der Waals surface area (Å²) >= 11 is 0. The quantitative estimate of drug-likeness (QED) is 0.775. The van der Waals surface area contributed by atoms with E-state index < -0.39 is 0 Å². The van der Waals surface area contributed by atoms with Crippen molar-refractivity contribution in [1.29, 1.82) is 5.26 Å². The third-order valence-electron chi connectivity index (χ3n) is 4.25. The van der Waals surface area contributed by atoms with Gasteiger partial charge in [0.1, 0.15) is 6.61 Å². The lowest BCUT2D eigenvalue weighted by molar-refractivity contribution is 0.0722. The number of ether oxygens (including phenoxy) is 1. The van der Waals surface area contributed by atoms with E-state index in [2.05, 4.69) is 12.6 Å². The first-order valence-corrected chi connectivity index (χ1v) is 7.67. The second-order valence-electron chi connectivity index (χ2n) is 5.75. The average molecular weight is 298 g/mol. The maximum atomic E-state index is 12.1. The van der Waals surface area contributed by atoms with E-state index in [1.54, 1.807) is 4.90 Å². The monoisotopic (exact) mass is 298 g/mol. The number of benzene rings is 1. The molecule has 0 spiro atoms. The number of nitriles is 1. The predicted molar refractivity (Wildman–Crippen MR) is 84.9 cm³/mol. The largest absolute Gasteiger partial charge is 0.445 e. The fourth-order valence-electron chi connectivity index (χ4n) is 2.72. The molecule has 1 saturated heterocycles. The van der Waals surface area contributed by atoms with Gasteiger partial charge in [0.25, 0.3) is 0 Å². The zero-order valence-electron chi connectivity index (χ0n) is 12.8. The fourth-order valence-corrected chi connectivity index (χ4v) is 2.72. The molecule has 1 aromatic rings. The molecule has 22 heavy (non-hydrogen) atoms. The minimum absolute atomic E-state index is 0.288. The molecular weight excluding hydrogens is 276 g/mol. The van der Waals surface area contributed by atoms with Crippen LogP contribution in [0.15, 0.2) is 43.0 Å². The molecule has 1 aliphatic rings. The summed E-state index contributed by atoms with van der Waals surface area (Å²) in [7, 11) is 0. The molecule has 0 aliphatic carbocycles. The molecule has 2 rings (SSSR count). The van der Waals surface area contributed by atoms with Crippen molar-refractivity contribution in [1.82, 2.24) is 4.90 Å². The normalized spacial score (nSPS) is 16.6. The Kier molecular flexibility index (Phi) is 5.60. The number of likely N-dealkylation sites (tertiary alicyclic amines) is 1. The number of nitrogens with zero attached hydrogens (tertiary/aromatic N) is 2. The van der Waals surface area contributed by atoms with Crippen molar-refractivity contribution in [2.24, 2.45) is 5.41 Å². The number of allylic oxidation sites excluding steroid dienone is 1. The molecule has 0 unspecified atom stereocenters. The Morgan fingerprint density at radius 2 is 2.05 bits per heavy atom. The number of hydrogen-bond acceptors (Lipinski definition) is 3. The molecule has 4 heteroatoms. The molecule has 116 valence electrons. The number of amides is 1. The van der Waals surface area contributed by atoms with Gasteiger partial charge >= 0.3 is 6.09 Å². The molecule has 1 aromatic carbocycles. The third-order valence-corrected chi connectivity index (χ3v) is 4.25. The second-order valence-corrected chi connectivity index (χ2v) is 5.75. The summed E-state index contributed by atoms with van der Waals surface area (Å²) in [5.74, 6) is 0. The summed E-state index contributed by atoms with van der Waals surface area (Å²) in [5.41, 5.74) is 0.662. The number of piperidine rings is 1. The zero-order chi connectivity index (χ0) is 15.8. The van der Waals surface area contributed by atoms with Crippen LogP contribution in [0.3, 0.4) is 0 Å². The molecule has 0 bridgehead atoms. The highest BCUT2D eigenvalue weighted by molar-refractivity contribution is 5.67. The van der Waals surface area contributed by atoms with Gasteiger partial charge in [-0.15, -0.1) is 6.58 Å². The molecular formula is C18H22N2O2. The first-order chi connectivity index (χ1) is 10.7. The van der Waals surface area contributed by atoms with Crippen LogP contribution in [0.4, 0.5) is 4.79 Å². The van der Waals surface area contributed by atoms with Crippen LogP contribution in [0.2, 0.25) is 0 Å². The SMILES string of the molecule is C=CCCC1(C#N)CCN(C(=O)OCc2ccccc2)CC1. The summed E-state index contributed by atoms with van der Waals surface area (Å²) in [5, 5.41) is 9.43. The number of carbonyl (C=O) groups is 1. The third kappa shape index (κ3) is 4.11. The van der Waals surface area contributed by atoms with Gasteiger partial charge in [-0.05, 0) is 31.2 Å². The maximum absolute atomic E-state index is 12.1. The van der Waals surface area contributed by atoms with Crippen LogP contribution in [0.1, 0.15) is 31.2 Å². The molecule has 1 heterocycles. The molecule has 1 fully saturated rings. The van der Waals surface area contributed by atoms with E-state index in [1.165, 1.54) is 0 Å². The lowest BCUT2D eigenvalue weighted by Crippen LogP contribution is -2.42. The van der Waals surface area contributed by atoms with Gasteiger partial charge in [0, 0.05) is 13.1 Å². The molecule has 0 saturated carbocycles. The first-order valence-electron chi connectivity index (χ1n) is 7.67. The number of carbonyl (C=O) groups excluding carboxylic acids is 1. The molecule has 0 atom stereocenters. The Bertz CT molecular complexity index is 540. The lowest BCUT2D eigenvalue weighted by atomic mass is 9.76. The fraction of sp³-hybridized carbons (Fsp3) is 0.444. The van der Waals surface area contributed by atoms with Crippen molar-refractivity contribution in [3.63, 3.8) is 0 Å². The van der Waals surface area contributed by atoms with Gasteiger partial charge in [0.2, 0.25) is 0 Å². The van der Waals surface area contributed by atoms with E-state index in [1.807, 2.05) is 36.4 Å². The van der Waals surface area contributed by atoms with Crippen LogP contribution in [-0.2, 0) is 11.3 Å². The van der Waals surface area contributed by atoms with Crippen molar-refractivity contribution in [3.8, 4) is 6.07 Å². The summed E-state index contributed by atoms with van der Waals surface area (Å²) in [6.45, 7) is 5.16. The van der Waals surface area contributed by atoms with E-state index in [0.717, 1.165) is 18.4 Å². The molecule has 0 radical (unpaired) electrons. The van der Waals surface area contributed by atoms with Crippen molar-refractivity contribution in [3.05, 3.63) is 48.6 Å². The van der Waals surface area contributed by atoms with Gasteiger partial charge in [-0.25, -0.2) is 4.79 Å². The predicted octanol–water partition coefficient (Wildman–Crippen LogP) is 3.90. The van der Waals surface area contributed by atoms with Crippen LogP contribution >= 0.6 is 0 Å². The second kappa shape index (κ2) is 7.65. The van der Waals surface area contributed by atoms with Crippen molar-refractivity contribution in [2.45, 2.75) is 32.3 Å². The van der Waals surface area contributed by atoms with Crippen LogP contribution in [0.5, 0.6) is 0 Å². The maximum Gasteiger partial charge on any atom is 0.410 e. The van der Waals surface area contributed by atoms with Crippen LogP contribution in [0, 0.1) is 16.7 Å². The highest BCUT2D eigenvalue weighted by Gasteiger charge is 2.35. The lowest BCUT2D eigenvalue weighted by Gasteiger charge is -2.36. The van der Waals surface area contributed by atoms with Crippen molar-refractivity contribution >= 4 is 6.09 Å². The van der Waals surface area contributed by atoms with Gasteiger partial charge in [0.05, 0.1) is 11.5 Å². The number of rotatable bonds is 5. The Hall–Kier alpha value is -2.28. The average Bonchev–Trinajstić information content (AvgIpc) is 2.59. The minimum Gasteiger partial charge on any atom is -0.445 e. The van der Waals surface area contributed by atoms with E-state index in [-0.39, 0.29) is 18.1 Å². The standard InChI is InChI=1S/C18H22N2O2/c1-2-3-9-18(15-19)10-12-20(13-11-18)17(21)22-14-16-7-5-4-6-8-16/h2,4-8H,1,3,9-14H2. The zero-order valence-corrected chi connectivity index (χ0v) is 12.8. The van der Waals surface area contributed by atoms with E-state index in [4.69, 9.17) is 4.74 Å². The molecule has 0 aromatic heterocycles. The number of hydrogen-bond donors (Lipinski definition) is 0. The highest BCUT2D eigenvalue weighted by Crippen LogP contribution is 2.35. The van der Waals surface area contributed by atoms with E-state index in [9.17, 15) is 10.1 Å². The Balaban J connectivity index is 1.82. The van der Waals surface area contributed by atoms with Gasteiger partial charge in [-0.3, -0.25) is 0 Å².